The minimum atomic E-state index is -0.364. The van der Waals surface area contributed by atoms with Gasteiger partial charge in [-0.05, 0) is 30.4 Å². The standard InChI is InChI=1S/C31H26N2O/c34-29-20-28-30(24-16-8-7-15-23(24)29)32-31-18-10-9-17-26(31)25(21-11-3-1-4-12-21)19-27(33(28)31)22-13-5-2-6-14-22/h1-8,11-16,19-20,25-26H,9-10,17-18H2/t25-,26-,31+/m0/s1. The molecular formula is C31H26N2O. The molecule has 0 saturated heterocycles. The van der Waals surface area contributed by atoms with Gasteiger partial charge in [0.15, 0.2) is 5.78 Å². The van der Waals surface area contributed by atoms with E-state index in [1.807, 2.05) is 24.3 Å². The fourth-order valence-electron chi connectivity index (χ4n) is 6.64. The summed E-state index contributed by atoms with van der Waals surface area (Å²) in [5.74, 6) is 0.716. The first-order chi connectivity index (χ1) is 16.8. The van der Waals surface area contributed by atoms with Gasteiger partial charge in [0.1, 0.15) is 5.66 Å². The number of ketones is 1. The van der Waals surface area contributed by atoms with Crippen LogP contribution in [-0.2, 0) is 0 Å². The van der Waals surface area contributed by atoms with Crippen LogP contribution in [-0.4, -0.2) is 22.1 Å². The maximum Gasteiger partial charge on any atom is 0.188 e. The van der Waals surface area contributed by atoms with Crippen molar-refractivity contribution in [2.24, 2.45) is 10.9 Å². The van der Waals surface area contributed by atoms with Crippen LogP contribution in [0, 0.1) is 5.92 Å². The summed E-state index contributed by atoms with van der Waals surface area (Å²) < 4.78 is 0. The average Bonchev–Trinajstić information content (AvgIpc) is 3.23. The largest absolute Gasteiger partial charge is 0.313 e. The maximum atomic E-state index is 13.2. The van der Waals surface area contributed by atoms with Gasteiger partial charge in [0.2, 0.25) is 0 Å². The van der Waals surface area contributed by atoms with E-state index in [2.05, 4.69) is 77.7 Å². The van der Waals surface area contributed by atoms with Crippen LogP contribution in [0.15, 0.2) is 108 Å². The van der Waals surface area contributed by atoms with Crippen molar-refractivity contribution in [3.05, 3.63) is 125 Å². The lowest BCUT2D eigenvalue weighted by Crippen LogP contribution is -2.54. The molecule has 3 heteroatoms. The minimum Gasteiger partial charge on any atom is -0.313 e. The highest BCUT2D eigenvalue weighted by atomic mass is 16.1. The number of allylic oxidation sites excluding steroid dienone is 3. The molecule has 0 amide bonds. The molecule has 3 nitrogen and oxygen atoms in total. The molecule has 1 spiro atoms. The van der Waals surface area contributed by atoms with E-state index < -0.39 is 0 Å². The van der Waals surface area contributed by atoms with Crippen LogP contribution in [0.3, 0.4) is 0 Å². The van der Waals surface area contributed by atoms with E-state index in [1.54, 1.807) is 0 Å². The second-order valence-corrected chi connectivity index (χ2v) is 9.82. The fraction of sp³-hybridized carbons (Fsp3) is 0.226. The number of benzene rings is 3. The van der Waals surface area contributed by atoms with Crippen molar-refractivity contribution in [1.29, 1.82) is 0 Å². The Kier molecular flexibility index (Phi) is 4.29. The lowest BCUT2D eigenvalue weighted by molar-refractivity contribution is 0.0683. The first-order valence-electron chi connectivity index (χ1n) is 12.3. The highest BCUT2D eigenvalue weighted by Gasteiger charge is 2.57. The number of nitrogens with zero attached hydrogens (tertiary/aromatic N) is 2. The van der Waals surface area contributed by atoms with Crippen LogP contribution in [0.1, 0.15) is 58.6 Å². The van der Waals surface area contributed by atoms with Crippen molar-refractivity contribution in [2.75, 3.05) is 0 Å². The molecule has 2 heterocycles. The number of carbonyl (C=O) groups excluding carboxylic acids is 1. The SMILES string of the molecule is O=C1C=C2C(=N[C@@]34CCCC[C@H]3[C@H](c3ccccc3)C=C(c3ccccc3)N24)c2ccccc21. The number of hydrogen-bond acceptors (Lipinski definition) is 3. The zero-order valence-electron chi connectivity index (χ0n) is 19.0. The third-order valence-electron chi connectivity index (χ3n) is 8.06. The molecule has 3 aromatic carbocycles. The summed E-state index contributed by atoms with van der Waals surface area (Å²) in [5.41, 5.74) is 7.02. The predicted molar refractivity (Wildman–Crippen MR) is 136 cm³/mol. The summed E-state index contributed by atoms with van der Waals surface area (Å²) in [7, 11) is 0. The van der Waals surface area contributed by atoms with Gasteiger partial charge < -0.3 is 4.90 Å². The molecular weight excluding hydrogens is 416 g/mol. The zero-order valence-corrected chi connectivity index (χ0v) is 19.0. The Morgan fingerprint density at radius 3 is 2.29 bits per heavy atom. The van der Waals surface area contributed by atoms with Crippen molar-refractivity contribution in [2.45, 2.75) is 37.3 Å². The summed E-state index contributed by atoms with van der Waals surface area (Å²) >= 11 is 0. The van der Waals surface area contributed by atoms with E-state index in [0.29, 0.717) is 5.92 Å². The molecule has 166 valence electrons. The van der Waals surface area contributed by atoms with Gasteiger partial charge in [-0.2, -0.15) is 0 Å². The number of hydrogen-bond donors (Lipinski definition) is 0. The number of carbonyl (C=O) groups is 1. The van der Waals surface area contributed by atoms with Gasteiger partial charge in [-0.1, -0.05) is 97.4 Å². The Morgan fingerprint density at radius 1 is 0.794 bits per heavy atom. The summed E-state index contributed by atoms with van der Waals surface area (Å²) in [5, 5.41) is 0. The van der Waals surface area contributed by atoms with Gasteiger partial charge in [-0.25, -0.2) is 0 Å². The van der Waals surface area contributed by atoms with Crippen molar-refractivity contribution in [3.63, 3.8) is 0 Å². The summed E-state index contributed by atoms with van der Waals surface area (Å²) in [4.78, 5) is 21.2. The fourth-order valence-corrected chi connectivity index (χ4v) is 6.64. The molecule has 3 atom stereocenters. The van der Waals surface area contributed by atoms with Crippen molar-refractivity contribution in [3.8, 4) is 0 Å². The maximum absolute atomic E-state index is 13.2. The molecule has 1 fully saturated rings. The van der Waals surface area contributed by atoms with Crippen LogP contribution in [0.2, 0.25) is 0 Å². The van der Waals surface area contributed by atoms with Gasteiger partial charge in [-0.15, -0.1) is 0 Å². The van der Waals surface area contributed by atoms with Crippen LogP contribution in [0.25, 0.3) is 5.70 Å². The molecule has 7 rings (SSSR count). The number of rotatable bonds is 2. The highest BCUT2D eigenvalue weighted by molar-refractivity contribution is 6.27. The van der Waals surface area contributed by atoms with Crippen LogP contribution >= 0.6 is 0 Å². The predicted octanol–water partition coefficient (Wildman–Crippen LogP) is 6.60. The molecule has 0 radical (unpaired) electrons. The first kappa shape index (κ1) is 19.7. The molecule has 34 heavy (non-hydrogen) atoms. The Hall–Kier alpha value is -3.72. The Balaban J connectivity index is 1.51. The van der Waals surface area contributed by atoms with E-state index in [0.717, 1.165) is 41.8 Å². The molecule has 2 aliphatic carbocycles. The quantitative estimate of drug-likeness (QED) is 0.448. The van der Waals surface area contributed by atoms with Crippen LogP contribution < -0.4 is 0 Å². The lowest BCUT2D eigenvalue weighted by Gasteiger charge is -2.53. The third kappa shape index (κ3) is 2.70. The summed E-state index contributed by atoms with van der Waals surface area (Å²) in [6, 6.07) is 29.5. The topological polar surface area (TPSA) is 32.7 Å². The molecule has 0 aromatic heterocycles. The molecule has 3 aromatic rings. The number of fused-ring (bicyclic) bond motifs is 4. The van der Waals surface area contributed by atoms with Gasteiger partial charge >= 0.3 is 0 Å². The smallest absolute Gasteiger partial charge is 0.188 e. The van der Waals surface area contributed by atoms with E-state index in [-0.39, 0.29) is 17.4 Å². The Labute approximate surface area is 200 Å². The number of aliphatic imine (C=N–C) groups is 1. The third-order valence-corrected chi connectivity index (χ3v) is 8.06. The second kappa shape index (κ2) is 7.39. The normalized spacial score (nSPS) is 27.0. The molecule has 0 bridgehead atoms. The Bertz CT molecular complexity index is 1390. The minimum absolute atomic E-state index is 0.0755. The van der Waals surface area contributed by atoms with Crippen LogP contribution in [0.4, 0.5) is 0 Å². The molecule has 1 saturated carbocycles. The average molecular weight is 443 g/mol. The molecule has 2 aliphatic heterocycles. The Morgan fingerprint density at radius 2 is 1.50 bits per heavy atom. The van der Waals surface area contributed by atoms with Gasteiger partial charge in [0.05, 0.1) is 11.4 Å². The summed E-state index contributed by atoms with van der Waals surface area (Å²) in [6.45, 7) is 0. The monoisotopic (exact) mass is 442 g/mol. The van der Waals surface area contributed by atoms with Gasteiger partial charge in [0, 0.05) is 34.7 Å². The molecule has 0 unspecified atom stereocenters. The zero-order chi connectivity index (χ0) is 22.7. The van der Waals surface area contributed by atoms with Crippen molar-refractivity contribution >= 4 is 17.2 Å². The van der Waals surface area contributed by atoms with Crippen molar-refractivity contribution < 1.29 is 4.79 Å². The highest BCUT2D eigenvalue weighted by Crippen LogP contribution is 2.58. The van der Waals surface area contributed by atoms with E-state index >= 15 is 0 Å². The first-order valence-corrected chi connectivity index (χ1v) is 12.3. The molecule has 0 N–H and O–H groups in total. The molecule has 4 aliphatic rings. The van der Waals surface area contributed by atoms with E-state index in [1.165, 1.54) is 23.2 Å². The lowest BCUT2D eigenvalue weighted by atomic mass is 9.66. The summed E-state index contributed by atoms with van der Waals surface area (Å²) in [6.07, 6.45) is 8.79. The van der Waals surface area contributed by atoms with Gasteiger partial charge in [-0.3, -0.25) is 9.79 Å². The van der Waals surface area contributed by atoms with E-state index in [4.69, 9.17) is 4.99 Å². The second-order valence-electron chi connectivity index (χ2n) is 9.82. The van der Waals surface area contributed by atoms with Crippen molar-refractivity contribution in [1.82, 2.24) is 4.90 Å². The van der Waals surface area contributed by atoms with Crippen LogP contribution in [0.5, 0.6) is 0 Å². The van der Waals surface area contributed by atoms with E-state index in [9.17, 15) is 4.79 Å². The van der Waals surface area contributed by atoms with Gasteiger partial charge in [0.25, 0.3) is 0 Å².